The van der Waals surface area contributed by atoms with Crippen LogP contribution in [0.1, 0.15) is 227 Å². The van der Waals surface area contributed by atoms with E-state index in [0.29, 0.717) is 80.2 Å². The van der Waals surface area contributed by atoms with E-state index in [1.807, 2.05) is 189 Å². The second-order valence-electron chi connectivity index (χ2n) is 38.9. The van der Waals surface area contributed by atoms with E-state index in [0.717, 1.165) is 136 Å². The van der Waals surface area contributed by atoms with Gasteiger partial charge in [0.15, 0.2) is 15.6 Å². The van der Waals surface area contributed by atoms with E-state index in [1.165, 1.54) is 34.2 Å². The number of nitrogens with zero attached hydrogens (tertiary/aromatic N) is 12. The Bertz CT molecular complexity index is 5880. The number of sulfone groups is 1. The molecule has 12 heterocycles. The normalized spacial score (nSPS) is 18.8. The Morgan fingerprint density at radius 2 is 0.857 bits per heavy atom. The molecule has 4 amide bonds. The Balaban J connectivity index is 0.000000143. The smallest absolute Gasteiger partial charge is 0.456 e. The number of benzene rings is 5. The van der Waals surface area contributed by atoms with Gasteiger partial charge in [0.05, 0.1) is 74.8 Å². The Morgan fingerprint density at radius 1 is 0.451 bits per heavy atom. The molecule has 0 saturated carbocycles. The zero-order valence-corrected chi connectivity index (χ0v) is 81.0. The van der Waals surface area contributed by atoms with Crippen molar-refractivity contribution in [1.29, 1.82) is 0 Å². The third kappa shape index (κ3) is 19.8. The number of Topliss-reactive ketones (excluding diaryl/α,β-unsaturated/α-hetero) is 2. The molecule has 5 aromatic carbocycles. The molecule has 24 nitrogen and oxygen atoms in total. The summed E-state index contributed by atoms with van der Waals surface area (Å²) in [6.07, 6.45) is 1.01. The number of rotatable bonds is 16. The van der Waals surface area contributed by atoms with Crippen LogP contribution >= 0.6 is 11.6 Å². The number of ether oxygens (including phenoxy) is 3. The number of carbonyl (C=O) groups is 7. The Kier molecular flexibility index (Phi) is 29.1. The van der Waals surface area contributed by atoms with Crippen molar-refractivity contribution in [1.82, 2.24) is 57.5 Å². The lowest BCUT2D eigenvalue weighted by molar-refractivity contribution is -0.0894. The predicted molar refractivity (Wildman–Crippen MR) is 505 cm³/mol. The first-order valence-corrected chi connectivity index (χ1v) is 48.4. The van der Waals surface area contributed by atoms with Crippen LogP contribution in [0.4, 0.5) is 17.6 Å². The number of amides is 4. The number of hydrogen-bond donors (Lipinski definition) is 0. The van der Waals surface area contributed by atoms with Gasteiger partial charge in [0.25, 0.3) is 29.4 Å². The summed E-state index contributed by atoms with van der Waals surface area (Å²) in [6, 6.07) is 48.1. The van der Waals surface area contributed by atoms with Gasteiger partial charge in [-0.15, -0.1) is 0 Å². The monoisotopic (exact) mass is 1870 g/mol. The predicted octanol–water partition coefficient (Wildman–Crippen LogP) is 17.0. The van der Waals surface area contributed by atoms with Gasteiger partial charge in [-0.05, 0) is 260 Å². The standard InChI is InChI=1S/C28H39N3O4S.C28H31N3O3.C25H29F4N3O3.C22H28ClN3O2/c1-20(2)19-36(34,35)22-9-7-21(8-10-22)26(33)30-15-13-28(14-16-30)24-12-11-23(25(32)27(3,4)5)31(24)18-17-29(28)6;1-20-19-22(9-11-24(20)34-3)27(33)30-15-13-28(14-16-30)25-12-10-23(31(25)18-17-29(28)2)26(32)21-7-5-4-6-8-21;1-15(2)35-17-5-6-18(19(26)13-17)23(34)31-11-9-24(10-12-31)21-8-7-20(22(33)25(27,28)29)32(21)14-16(3)30(24)4;1-16(2)28-18-6-4-17(5-7-18)21(27)25-12-10-22(11-13-25)19-8-9-20(23)26(19)15-14-24(22)3/h7-12,20H,13-19H2,1-6H3;4-12,19H,13-18H2,1-3H3;5-8,13,15-16H,9-12,14H2,1-4H3;4-9,16H,10-15H2,1-3H3/t;;16-;/m..0./s1. The molecule has 0 bridgehead atoms. The summed E-state index contributed by atoms with van der Waals surface area (Å²) in [7, 11) is 6.70. The molecule has 0 N–H and O–H groups in total. The maximum atomic E-state index is 14.7. The molecule has 133 heavy (non-hydrogen) atoms. The number of aromatic nitrogens is 4. The van der Waals surface area contributed by atoms with E-state index in [1.54, 1.807) is 48.4 Å². The molecule has 712 valence electrons. The van der Waals surface area contributed by atoms with Crippen LogP contribution in [-0.2, 0) is 58.2 Å². The van der Waals surface area contributed by atoms with E-state index >= 15 is 0 Å². The molecular formula is C103H127ClF4N12O12S. The number of likely N-dealkylation sites (N-methyl/N-ethyl adjacent to an activating group) is 4. The fraction of sp³-hybridized carbons (Fsp3) is 0.485. The molecule has 4 aromatic heterocycles. The average molecular weight is 1870 g/mol. The van der Waals surface area contributed by atoms with Gasteiger partial charge in [-0.1, -0.05) is 76.6 Å². The van der Waals surface area contributed by atoms with Crippen molar-refractivity contribution in [2.45, 2.75) is 205 Å². The minimum absolute atomic E-state index is 0.0306. The van der Waals surface area contributed by atoms with Crippen molar-refractivity contribution in [3.63, 3.8) is 0 Å². The molecule has 8 aliphatic rings. The molecule has 4 spiro atoms. The molecule has 4 fully saturated rings. The van der Waals surface area contributed by atoms with Gasteiger partial charge >= 0.3 is 6.18 Å². The summed E-state index contributed by atoms with van der Waals surface area (Å²) >= 11 is 6.38. The van der Waals surface area contributed by atoms with Gasteiger partial charge in [0.1, 0.15) is 28.2 Å². The fourth-order valence-corrected chi connectivity index (χ4v) is 22.9. The summed E-state index contributed by atoms with van der Waals surface area (Å²) in [6.45, 7) is 31.2. The summed E-state index contributed by atoms with van der Waals surface area (Å²) in [5.41, 5.74) is 7.50. The lowest BCUT2D eigenvalue weighted by Crippen LogP contribution is -2.59. The molecular weight excluding hydrogens is 1740 g/mol. The van der Waals surface area contributed by atoms with Gasteiger partial charge < -0.3 is 52.1 Å². The highest BCUT2D eigenvalue weighted by Crippen LogP contribution is 2.49. The molecule has 30 heteroatoms. The van der Waals surface area contributed by atoms with Crippen molar-refractivity contribution in [2.24, 2.45) is 11.3 Å². The van der Waals surface area contributed by atoms with Gasteiger partial charge in [-0.2, -0.15) is 13.2 Å². The van der Waals surface area contributed by atoms with Gasteiger partial charge in [-0.3, -0.25) is 53.2 Å². The fourth-order valence-electron chi connectivity index (χ4n) is 21.1. The zero-order chi connectivity index (χ0) is 95.9. The maximum Gasteiger partial charge on any atom is 0.456 e. The average Bonchev–Trinajstić information content (AvgIpc) is 1.64. The summed E-state index contributed by atoms with van der Waals surface area (Å²) in [5, 5.41) is 0.810. The molecule has 1 atom stereocenters. The van der Waals surface area contributed by atoms with Gasteiger partial charge in [0, 0.05) is 161 Å². The van der Waals surface area contributed by atoms with Crippen LogP contribution in [0.25, 0.3) is 0 Å². The Labute approximate surface area is 783 Å². The van der Waals surface area contributed by atoms with Crippen molar-refractivity contribution >= 4 is 62.4 Å². The third-order valence-corrected chi connectivity index (χ3v) is 31.0. The number of fused-ring (bicyclic) bond motifs is 8. The lowest BCUT2D eigenvalue weighted by Gasteiger charge is -2.53. The molecule has 9 aromatic rings. The van der Waals surface area contributed by atoms with Crippen molar-refractivity contribution in [3.8, 4) is 17.2 Å². The Hall–Kier alpha value is -10.7. The van der Waals surface area contributed by atoms with Crippen molar-refractivity contribution in [3.05, 3.63) is 248 Å². The van der Waals surface area contributed by atoms with E-state index in [4.69, 9.17) is 25.8 Å². The summed E-state index contributed by atoms with van der Waals surface area (Å²) in [5.74, 6) is -0.602. The van der Waals surface area contributed by atoms with Crippen LogP contribution in [0.15, 0.2) is 169 Å². The number of likely N-dealkylation sites (tertiary alicyclic amines) is 4. The highest BCUT2D eigenvalue weighted by molar-refractivity contribution is 7.91. The van der Waals surface area contributed by atoms with Crippen molar-refractivity contribution in [2.75, 3.05) is 113 Å². The lowest BCUT2D eigenvalue weighted by atomic mass is 9.80. The number of ketones is 3. The zero-order valence-electron chi connectivity index (χ0n) is 79.4. The van der Waals surface area contributed by atoms with Crippen LogP contribution in [0, 0.1) is 24.1 Å². The number of carbonyl (C=O) groups excluding carboxylic acids is 7. The van der Waals surface area contributed by atoms with Crippen LogP contribution in [-0.4, -0.2) is 244 Å². The number of aryl methyl sites for hydroxylation is 1. The Morgan fingerprint density at radius 3 is 1.32 bits per heavy atom. The molecule has 0 radical (unpaired) electrons. The van der Waals surface area contributed by atoms with Gasteiger partial charge in [-0.25, -0.2) is 12.8 Å². The second-order valence-corrected chi connectivity index (χ2v) is 41.3. The first-order chi connectivity index (χ1) is 63.0. The van der Waals surface area contributed by atoms with Crippen LogP contribution in [0.2, 0.25) is 5.15 Å². The molecule has 0 unspecified atom stereocenters. The van der Waals surface area contributed by atoms with Crippen LogP contribution in [0.3, 0.4) is 0 Å². The minimum atomic E-state index is -4.95. The van der Waals surface area contributed by atoms with Crippen LogP contribution in [0.5, 0.6) is 17.2 Å². The van der Waals surface area contributed by atoms with Gasteiger partial charge in [0.2, 0.25) is 5.78 Å². The first kappa shape index (κ1) is 98.3. The van der Waals surface area contributed by atoms with Crippen molar-refractivity contribution < 1.29 is 73.8 Å². The number of methoxy groups -OCH3 is 1. The molecule has 17 rings (SSSR count). The number of halogens is 5. The van der Waals surface area contributed by atoms with E-state index in [2.05, 4.69) is 72.6 Å². The number of piperidine rings is 4. The summed E-state index contributed by atoms with van der Waals surface area (Å²) < 4.78 is 104. The SMILES string of the molecule is CC(C)CS(=O)(=O)c1ccc(C(=O)N2CCC3(CC2)c2ccc(C(=O)C(C)(C)C)n2CCN3C)cc1.CC(C)Oc1ccc(C(=O)N2CCC3(CC2)c2ccc(C(=O)C(F)(F)F)n2C[C@H](C)N3C)c(F)c1.CC(C)Oc1ccc(C(=O)N2CCC3(CC2)c2ccc(Cl)n2CCN3C)cc1.COc1ccc(C(=O)N2CCC3(CC2)c2ccc(C(=O)c4ccccc4)n2CCN3C)cc1C. The highest BCUT2D eigenvalue weighted by atomic mass is 35.5. The number of hydrogen-bond acceptors (Lipinski definition) is 16. The molecule has 8 aliphatic heterocycles. The quantitative estimate of drug-likeness (QED) is 0.0647. The van der Waals surface area contributed by atoms with Crippen LogP contribution < -0.4 is 14.2 Å². The largest absolute Gasteiger partial charge is 0.496 e. The number of alkyl halides is 3. The van der Waals surface area contributed by atoms with E-state index < -0.39 is 44.5 Å². The third-order valence-electron chi connectivity index (χ3n) is 28.6. The second kappa shape index (κ2) is 39.3. The van der Waals surface area contributed by atoms with E-state index in [9.17, 15) is 59.5 Å². The maximum absolute atomic E-state index is 14.7. The molecule has 4 saturated heterocycles. The highest BCUT2D eigenvalue weighted by Gasteiger charge is 2.53. The first-order valence-electron chi connectivity index (χ1n) is 46.4. The topological polar surface area (TPSA) is 227 Å². The summed E-state index contributed by atoms with van der Waals surface area (Å²) in [4.78, 5) is 108. The minimum Gasteiger partial charge on any atom is -0.496 e. The molecule has 0 aliphatic carbocycles. The van der Waals surface area contributed by atoms with E-state index in [-0.39, 0.29) is 98.5 Å².